The van der Waals surface area contributed by atoms with Gasteiger partial charge in [0.05, 0.1) is 30.9 Å². The molecule has 2 aromatic carbocycles. The maximum absolute atomic E-state index is 12.8. The van der Waals surface area contributed by atoms with E-state index in [0.717, 1.165) is 0 Å². The summed E-state index contributed by atoms with van der Waals surface area (Å²) in [5.41, 5.74) is 1.07. The van der Waals surface area contributed by atoms with E-state index in [0.29, 0.717) is 16.8 Å². The summed E-state index contributed by atoms with van der Waals surface area (Å²) in [5.74, 6) is -2.30. The number of hydrogen-bond acceptors (Lipinski definition) is 7. The molecule has 0 saturated heterocycles. The average molecular weight is 411 g/mol. The van der Waals surface area contributed by atoms with Gasteiger partial charge in [-0.05, 0) is 55.8 Å². The SMILES string of the molecule is CCOC(=O)c1ccc(N2C(=O)C(O)=C(C(C)=O)[C@@H]2c2ccc(O)c(OC)c2)cc1. The number of esters is 1. The monoisotopic (exact) mass is 411 g/mol. The van der Waals surface area contributed by atoms with E-state index >= 15 is 0 Å². The fraction of sp³-hybridized carbons (Fsp3) is 0.227. The second kappa shape index (κ2) is 8.28. The zero-order valence-corrected chi connectivity index (χ0v) is 16.7. The molecule has 1 heterocycles. The molecule has 0 bridgehead atoms. The van der Waals surface area contributed by atoms with Crippen LogP contribution in [0.2, 0.25) is 0 Å². The molecule has 8 nitrogen and oxygen atoms in total. The number of rotatable bonds is 6. The highest BCUT2D eigenvalue weighted by atomic mass is 16.5. The molecule has 156 valence electrons. The van der Waals surface area contributed by atoms with Gasteiger partial charge in [0, 0.05) is 5.69 Å². The van der Waals surface area contributed by atoms with Crippen molar-refractivity contribution in [2.24, 2.45) is 0 Å². The Bertz CT molecular complexity index is 1040. The third-order valence-corrected chi connectivity index (χ3v) is 4.76. The maximum Gasteiger partial charge on any atom is 0.338 e. The summed E-state index contributed by atoms with van der Waals surface area (Å²) in [7, 11) is 1.38. The lowest BCUT2D eigenvalue weighted by atomic mass is 9.96. The number of carbonyl (C=O) groups is 3. The first-order valence-electron chi connectivity index (χ1n) is 9.21. The molecule has 2 N–H and O–H groups in total. The van der Waals surface area contributed by atoms with E-state index in [9.17, 15) is 24.6 Å². The highest BCUT2D eigenvalue weighted by Crippen LogP contribution is 2.42. The lowest BCUT2D eigenvalue weighted by molar-refractivity contribution is -0.117. The first kappa shape index (κ1) is 20.9. The van der Waals surface area contributed by atoms with Crippen LogP contribution >= 0.6 is 0 Å². The van der Waals surface area contributed by atoms with Crippen LogP contribution < -0.4 is 9.64 Å². The minimum absolute atomic E-state index is 0.0674. The van der Waals surface area contributed by atoms with Gasteiger partial charge in [-0.25, -0.2) is 4.79 Å². The van der Waals surface area contributed by atoms with Gasteiger partial charge in [0.2, 0.25) is 0 Å². The van der Waals surface area contributed by atoms with E-state index in [1.165, 1.54) is 61.4 Å². The van der Waals surface area contributed by atoms with Crippen molar-refractivity contribution >= 4 is 23.3 Å². The molecular weight excluding hydrogens is 390 g/mol. The first-order valence-corrected chi connectivity index (χ1v) is 9.21. The van der Waals surface area contributed by atoms with E-state index in [1.54, 1.807) is 6.92 Å². The maximum atomic E-state index is 12.8. The summed E-state index contributed by atoms with van der Waals surface area (Å²) in [6.07, 6.45) is 0. The second-order valence-corrected chi connectivity index (χ2v) is 6.59. The number of hydrogen-bond donors (Lipinski definition) is 2. The Morgan fingerprint density at radius 3 is 2.33 bits per heavy atom. The number of aromatic hydroxyl groups is 1. The fourth-order valence-electron chi connectivity index (χ4n) is 3.38. The van der Waals surface area contributed by atoms with Crippen molar-refractivity contribution < 1.29 is 34.1 Å². The van der Waals surface area contributed by atoms with Gasteiger partial charge in [0.1, 0.15) is 0 Å². The third-order valence-electron chi connectivity index (χ3n) is 4.76. The highest BCUT2D eigenvalue weighted by Gasteiger charge is 2.43. The zero-order chi connectivity index (χ0) is 22.0. The molecule has 0 aromatic heterocycles. The van der Waals surface area contributed by atoms with Crippen LogP contribution in [0.1, 0.15) is 35.8 Å². The molecule has 1 amide bonds. The molecule has 2 aromatic rings. The van der Waals surface area contributed by atoms with Gasteiger partial charge in [-0.1, -0.05) is 6.07 Å². The molecule has 8 heteroatoms. The number of nitrogens with zero attached hydrogens (tertiary/aromatic N) is 1. The van der Waals surface area contributed by atoms with Crippen molar-refractivity contribution in [1.82, 2.24) is 0 Å². The molecular formula is C22H21NO7. The molecule has 0 fully saturated rings. The number of methoxy groups -OCH3 is 1. The summed E-state index contributed by atoms with van der Waals surface area (Å²) < 4.78 is 10.1. The molecule has 0 saturated carbocycles. The predicted molar refractivity (Wildman–Crippen MR) is 108 cm³/mol. The molecule has 1 aliphatic heterocycles. The Labute approximate surface area is 173 Å². The number of phenolic OH excluding ortho intramolecular Hbond substituents is 1. The summed E-state index contributed by atoms with van der Waals surface area (Å²) >= 11 is 0. The summed E-state index contributed by atoms with van der Waals surface area (Å²) in [5, 5.41) is 20.3. The molecule has 3 rings (SSSR count). The van der Waals surface area contributed by atoms with E-state index in [4.69, 9.17) is 9.47 Å². The number of ketones is 1. The number of anilines is 1. The van der Waals surface area contributed by atoms with E-state index < -0.39 is 29.5 Å². The Kier molecular flexibility index (Phi) is 5.77. The Hall–Kier alpha value is -3.81. The van der Waals surface area contributed by atoms with Crippen LogP contribution in [0.5, 0.6) is 11.5 Å². The minimum atomic E-state index is -0.932. The van der Waals surface area contributed by atoms with Gasteiger partial charge in [-0.15, -0.1) is 0 Å². The summed E-state index contributed by atoms with van der Waals surface area (Å²) in [4.78, 5) is 38.2. The number of benzene rings is 2. The summed E-state index contributed by atoms with van der Waals surface area (Å²) in [6.45, 7) is 3.19. The number of aliphatic hydroxyl groups is 1. The van der Waals surface area contributed by atoms with Crippen molar-refractivity contribution in [3.05, 3.63) is 64.9 Å². The number of carbonyl (C=O) groups excluding carboxylic acids is 3. The van der Waals surface area contributed by atoms with Gasteiger partial charge in [0.15, 0.2) is 23.0 Å². The van der Waals surface area contributed by atoms with Gasteiger partial charge in [-0.3, -0.25) is 14.5 Å². The third kappa shape index (κ3) is 3.59. The predicted octanol–water partition coefficient (Wildman–Crippen LogP) is 3.07. The lowest BCUT2D eigenvalue weighted by Crippen LogP contribution is -2.30. The molecule has 0 spiro atoms. The smallest absolute Gasteiger partial charge is 0.338 e. The average Bonchev–Trinajstić information content (AvgIpc) is 2.99. The number of ether oxygens (including phenoxy) is 2. The van der Waals surface area contributed by atoms with Crippen LogP contribution in [0.4, 0.5) is 5.69 Å². The van der Waals surface area contributed by atoms with Crippen LogP contribution in [0.25, 0.3) is 0 Å². The number of amides is 1. The molecule has 1 atom stereocenters. The normalized spacial score (nSPS) is 16.0. The van der Waals surface area contributed by atoms with Crippen LogP contribution in [-0.4, -0.2) is 41.6 Å². The van der Waals surface area contributed by atoms with Gasteiger partial charge >= 0.3 is 5.97 Å². The van der Waals surface area contributed by atoms with Crippen LogP contribution in [0.15, 0.2) is 53.8 Å². The van der Waals surface area contributed by atoms with Gasteiger partial charge in [0.25, 0.3) is 5.91 Å². The lowest BCUT2D eigenvalue weighted by Gasteiger charge is -2.27. The number of phenols is 1. The number of Topliss-reactive ketones (excluding diaryl/α,β-unsaturated/α-hetero) is 1. The minimum Gasteiger partial charge on any atom is -0.504 e. The van der Waals surface area contributed by atoms with Crippen LogP contribution in [-0.2, 0) is 14.3 Å². The Morgan fingerprint density at radius 2 is 1.77 bits per heavy atom. The first-order chi connectivity index (χ1) is 14.3. The van der Waals surface area contributed by atoms with Crippen molar-refractivity contribution in [2.75, 3.05) is 18.6 Å². The molecule has 0 radical (unpaired) electrons. The zero-order valence-electron chi connectivity index (χ0n) is 16.7. The molecule has 30 heavy (non-hydrogen) atoms. The van der Waals surface area contributed by atoms with Crippen LogP contribution in [0.3, 0.4) is 0 Å². The van der Waals surface area contributed by atoms with Crippen molar-refractivity contribution in [1.29, 1.82) is 0 Å². The molecule has 0 unspecified atom stereocenters. The quantitative estimate of drug-likeness (QED) is 0.702. The largest absolute Gasteiger partial charge is 0.504 e. The number of aliphatic hydroxyl groups excluding tert-OH is 1. The van der Waals surface area contributed by atoms with Crippen molar-refractivity contribution in [3.8, 4) is 11.5 Å². The van der Waals surface area contributed by atoms with E-state index in [1.807, 2.05) is 0 Å². The van der Waals surface area contributed by atoms with Gasteiger partial charge < -0.3 is 19.7 Å². The Morgan fingerprint density at radius 1 is 1.10 bits per heavy atom. The van der Waals surface area contributed by atoms with Crippen molar-refractivity contribution in [2.45, 2.75) is 19.9 Å². The van der Waals surface area contributed by atoms with E-state index in [-0.39, 0.29) is 23.7 Å². The molecule has 1 aliphatic rings. The topological polar surface area (TPSA) is 113 Å². The van der Waals surface area contributed by atoms with Crippen LogP contribution in [0, 0.1) is 0 Å². The Balaban J connectivity index is 2.09. The summed E-state index contributed by atoms with van der Waals surface area (Å²) in [6, 6.07) is 9.55. The van der Waals surface area contributed by atoms with E-state index in [2.05, 4.69) is 0 Å². The standard InChI is InChI=1S/C22H21NO7/c1-4-30-22(28)13-5-8-15(9-6-13)23-19(18(12(2)24)20(26)21(23)27)14-7-10-16(25)17(11-14)29-3/h5-11,19,25-26H,4H2,1-3H3/t19-/m0/s1. The highest BCUT2D eigenvalue weighted by molar-refractivity contribution is 6.16. The van der Waals surface area contributed by atoms with Gasteiger partial charge in [-0.2, -0.15) is 0 Å². The second-order valence-electron chi connectivity index (χ2n) is 6.59. The van der Waals surface area contributed by atoms with Crippen molar-refractivity contribution in [3.63, 3.8) is 0 Å². The molecule has 0 aliphatic carbocycles. The fourth-order valence-corrected chi connectivity index (χ4v) is 3.38.